The summed E-state index contributed by atoms with van der Waals surface area (Å²) in [6.07, 6.45) is 0.215. The molecule has 0 aliphatic carbocycles. The number of benzene rings is 2. The van der Waals surface area contributed by atoms with Crippen LogP contribution in [-0.2, 0) is 0 Å². The summed E-state index contributed by atoms with van der Waals surface area (Å²) < 4.78 is 5.66. The van der Waals surface area contributed by atoms with E-state index in [1.165, 1.54) is 10.5 Å². The molecular weight excluding hydrogens is 266 g/mol. The van der Waals surface area contributed by atoms with Gasteiger partial charge in [0, 0.05) is 16.3 Å². The van der Waals surface area contributed by atoms with Crippen molar-refractivity contribution in [2.24, 2.45) is 0 Å². The maximum atomic E-state index is 5.66. The van der Waals surface area contributed by atoms with E-state index in [0.717, 1.165) is 17.2 Å². The van der Waals surface area contributed by atoms with Crippen LogP contribution in [0.25, 0.3) is 0 Å². The van der Waals surface area contributed by atoms with Gasteiger partial charge in [-0.2, -0.15) is 0 Å². The lowest BCUT2D eigenvalue weighted by molar-refractivity contribution is 0.242. The van der Waals surface area contributed by atoms with Crippen molar-refractivity contribution in [1.29, 1.82) is 0 Å². The highest BCUT2D eigenvalue weighted by atomic mass is 32.2. The summed E-state index contributed by atoms with van der Waals surface area (Å²) >= 11 is 1.92. The van der Waals surface area contributed by atoms with Gasteiger partial charge in [0.15, 0.2) is 0 Å². The van der Waals surface area contributed by atoms with E-state index in [4.69, 9.17) is 4.74 Å². The summed E-state index contributed by atoms with van der Waals surface area (Å²) in [7, 11) is 0. The first-order chi connectivity index (χ1) is 9.72. The average molecular weight is 285 g/mol. The number of thioether (sulfide) groups is 1. The number of anilines is 1. The minimum atomic E-state index is 0.215. The molecule has 0 radical (unpaired) electrons. The lowest BCUT2D eigenvalue weighted by Gasteiger charge is -2.16. The number of fused-ring (bicyclic) bond motifs is 1. The van der Waals surface area contributed by atoms with E-state index >= 15 is 0 Å². The van der Waals surface area contributed by atoms with Crippen LogP contribution in [0.3, 0.4) is 0 Å². The van der Waals surface area contributed by atoms with Crippen molar-refractivity contribution in [1.82, 2.24) is 0 Å². The monoisotopic (exact) mass is 285 g/mol. The fourth-order valence-corrected chi connectivity index (χ4v) is 3.55. The molecule has 0 amide bonds. The predicted molar refractivity (Wildman–Crippen MR) is 85.7 cm³/mol. The third-order valence-electron chi connectivity index (χ3n) is 3.27. The Morgan fingerprint density at radius 3 is 2.60 bits per heavy atom. The molecule has 20 heavy (non-hydrogen) atoms. The number of hydrogen-bond donors (Lipinski definition) is 1. The maximum absolute atomic E-state index is 5.66. The van der Waals surface area contributed by atoms with Crippen molar-refractivity contribution in [3.8, 4) is 5.75 Å². The molecule has 1 N–H and O–H groups in total. The molecule has 0 saturated heterocycles. The normalized spacial score (nSPS) is 17.1. The molecule has 1 heterocycles. The second kappa shape index (κ2) is 5.80. The molecule has 0 bridgehead atoms. The van der Waals surface area contributed by atoms with E-state index in [-0.39, 0.29) is 6.10 Å². The Bertz CT molecular complexity index is 580. The molecule has 3 heteroatoms. The Morgan fingerprint density at radius 2 is 1.85 bits per heavy atom. The third-order valence-corrected chi connectivity index (χ3v) is 4.45. The zero-order valence-corrected chi connectivity index (χ0v) is 12.6. The molecule has 2 aromatic carbocycles. The van der Waals surface area contributed by atoms with Gasteiger partial charge in [0.1, 0.15) is 5.75 Å². The molecule has 2 aromatic rings. The van der Waals surface area contributed by atoms with Gasteiger partial charge in [-0.15, -0.1) is 11.8 Å². The van der Waals surface area contributed by atoms with Gasteiger partial charge in [0.05, 0.1) is 12.1 Å². The minimum absolute atomic E-state index is 0.215. The Balaban J connectivity index is 1.70. The fourth-order valence-electron chi connectivity index (χ4n) is 2.39. The first-order valence-electron chi connectivity index (χ1n) is 6.97. The second-order valence-corrected chi connectivity index (χ2v) is 6.30. The molecule has 1 aliphatic heterocycles. The van der Waals surface area contributed by atoms with Crippen molar-refractivity contribution in [3.05, 3.63) is 54.1 Å². The molecule has 104 valence electrons. The lowest BCUT2D eigenvalue weighted by atomic mass is 10.1. The van der Waals surface area contributed by atoms with Gasteiger partial charge in [0.2, 0.25) is 0 Å². The predicted octanol–water partition coefficient (Wildman–Crippen LogP) is 4.73. The molecule has 1 unspecified atom stereocenters. The van der Waals surface area contributed by atoms with Crippen LogP contribution in [0.15, 0.2) is 53.4 Å². The first kappa shape index (κ1) is 13.4. The van der Waals surface area contributed by atoms with E-state index in [1.807, 2.05) is 37.7 Å². The van der Waals surface area contributed by atoms with Crippen LogP contribution in [0, 0.1) is 0 Å². The number of ether oxygens (including phenoxy) is 1. The summed E-state index contributed by atoms with van der Waals surface area (Å²) in [6, 6.07) is 17.2. The van der Waals surface area contributed by atoms with E-state index in [2.05, 4.69) is 41.7 Å². The molecule has 0 saturated carbocycles. The fraction of sp³-hybridized carbons (Fsp3) is 0.294. The van der Waals surface area contributed by atoms with Crippen molar-refractivity contribution in [2.45, 2.75) is 30.9 Å². The quantitative estimate of drug-likeness (QED) is 0.877. The van der Waals surface area contributed by atoms with Crippen molar-refractivity contribution in [2.75, 3.05) is 11.1 Å². The van der Waals surface area contributed by atoms with Gasteiger partial charge in [-0.3, -0.25) is 0 Å². The topological polar surface area (TPSA) is 21.3 Å². The van der Waals surface area contributed by atoms with Gasteiger partial charge in [0.25, 0.3) is 0 Å². The van der Waals surface area contributed by atoms with Crippen molar-refractivity contribution < 1.29 is 4.74 Å². The number of nitrogens with one attached hydrogen (secondary N) is 1. The molecule has 3 rings (SSSR count). The molecular formula is C17H19NOS. The Kier molecular flexibility index (Phi) is 3.88. The number of rotatable bonds is 4. The molecule has 2 nitrogen and oxygen atoms in total. The summed E-state index contributed by atoms with van der Waals surface area (Å²) in [5.41, 5.74) is 2.54. The van der Waals surface area contributed by atoms with Gasteiger partial charge in [-0.1, -0.05) is 18.2 Å². The van der Waals surface area contributed by atoms with Crippen LogP contribution < -0.4 is 10.1 Å². The first-order valence-corrected chi connectivity index (χ1v) is 7.96. The van der Waals surface area contributed by atoms with Crippen molar-refractivity contribution >= 4 is 17.4 Å². The summed E-state index contributed by atoms with van der Waals surface area (Å²) in [6.45, 7) is 4.08. The van der Waals surface area contributed by atoms with Gasteiger partial charge in [-0.05, 0) is 49.7 Å². The van der Waals surface area contributed by atoms with E-state index < -0.39 is 0 Å². The smallest absolute Gasteiger partial charge is 0.119 e. The van der Waals surface area contributed by atoms with Crippen LogP contribution in [0.2, 0.25) is 0 Å². The molecule has 1 atom stereocenters. The van der Waals surface area contributed by atoms with Crippen LogP contribution in [0.4, 0.5) is 5.69 Å². The minimum Gasteiger partial charge on any atom is -0.491 e. The maximum Gasteiger partial charge on any atom is 0.119 e. The third kappa shape index (κ3) is 2.93. The van der Waals surface area contributed by atoms with E-state index in [9.17, 15) is 0 Å². The van der Waals surface area contributed by atoms with Crippen molar-refractivity contribution in [3.63, 3.8) is 0 Å². The molecule has 0 spiro atoms. The van der Waals surface area contributed by atoms with Crippen LogP contribution in [0.1, 0.15) is 25.5 Å². The standard InChI is InChI=1S/C17H19NOS/c1-12(2)19-14-9-7-13(8-10-14)18-16-11-20-17-6-4-3-5-15(16)17/h3-10,12,16,18H,11H2,1-2H3. The van der Waals surface area contributed by atoms with E-state index in [1.54, 1.807) is 0 Å². The number of hydrogen-bond acceptors (Lipinski definition) is 3. The van der Waals surface area contributed by atoms with Crippen LogP contribution >= 0.6 is 11.8 Å². The summed E-state index contributed by atoms with van der Waals surface area (Å²) in [5, 5.41) is 3.60. The lowest BCUT2D eigenvalue weighted by Crippen LogP contribution is -2.10. The largest absolute Gasteiger partial charge is 0.491 e. The average Bonchev–Trinajstić information content (AvgIpc) is 2.84. The summed E-state index contributed by atoms with van der Waals surface area (Å²) in [4.78, 5) is 1.39. The molecule has 0 aromatic heterocycles. The van der Waals surface area contributed by atoms with Crippen LogP contribution in [0.5, 0.6) is 5.75 Å². The second-order valence-electron chi connectivity index (χ2n) is 5.24. The molecule has 1 aliphatic rings. The van der Waals surface area contributed by atoms with Gasteiger partial charge in [-0.25, -0.2) is 0 Å². The molecule has 0 fully saturated rings. The highest BCUT2D eigenvalue weighted by Crippen LogP contribution is 2.39. The Hall–Kier alpha value is -1.61. The Labute approximate surface area is 124 Å². The van der Waals surface area contributed by atoms with Gasteiger partial charge < -0.3 is 10.1 Å². The highest BCUT2D eigenvalue weighted by molar-refractivity contribution is 7.99. The zero-order valence-electron chi connectivity index (χ0n) is 11.8. The SMILES string of the molecule is CC(C)Oc1ccc(NC2CSc3ccccc32)cc1. The zero-order chi connectivity index (χ0) is 13.9. The highest BCUT2D eigenvalue weighted by Gasteiger charge is 2.22. The summed E-state index contributed by atoms with van der Waals surface area (Å²) in [5.74, 6) is 2.01. The van der Waals surface area contributed by atoms with Gasteiger partial charge >= 0.3 is 0 Å². The Morgan fingerprint density at radius 1 is 1.10 bits per heavy atom. The van der Waals surface area contributed by atoms with Crippen LogP contribution in [-0.4, -0.2) is 11.9 Å². The van der Waals surface area contributed by atoms with E-state index in [0.29, 0.717) is 6.04 Å².